The summed E-state index contributed by atoms with van der Waals surface area (Å²) in [4.78, 5) is 29.7. The lowest BCUT2D eigenvalue weighted by molar-refractivity contribution is -0.385. The number of thiophene rings is 1. The predicted octanol–water partition coefficient (Wildman–Crippen LogP) is 4.20. The van der Waals surface area contributed by atoms with Gasteiger partial charge in [0.25, 0.3) is 11.6 Å². The summed E-state index contributed by atoms with van der Waals surface area (Å²) in [6.45, 7) is 2.40. The highest BCUT2D eigenvalue weighted by molar-refractivity contribution is 7.07. The van der Waals surface area contributed by atoms with Gasteiger partial charge in [0, 0.05) is 29.9 Å². The molecule has 7 heteroatoms. The van der Waals surface area contributed by atoms with E-state index >= 15 is 0 Å². The first-order chi connectivity index (χ1) is 12.5. The maximum absolute atomic E-state index is 13.0. The largest absolute Gasteiger partial charge is 0.328 e. The lowest BCUT2D eigenvalue weighted by Gasteiger charge is -2.22. The van der Waals surface area contributed by atoms with Crippen molar-refractivity contribution in [2.24, 2.45) is 0 Å². The molecule has 0 bridgehead atoms. The molecule has 0 unspecified atom stereocenters. The Balaban J connectivity index is 1.91. The van der Waals surface area contributed by atoms with Crippen molar-refractivity contribution in [3.8, 4) is 0 Å². The first-order valence-electron chi connectivity index (χ1n) is 8.00. The number of carbonyl (C=O) groups is 1. The van der Waals surface area contributed by atoms with Crippen LogP contribution in [0.25, 0.3) is 0 Å². The van der Waals surface area contributed by atoms with Crippen molar-refractivity contribution in [1.82, 2.24) is 9.88 Å². The number of benzene rings is 1. The Kier molecular flexibility index (Phi) is 5.38. The second-order valence-corrected chi connectivity index (χ2v) is 6.65. The fourth-order valence-corrected chi connectivity index (χ4v) is 3.27. The van der Waals surface area contributed by atoms with Gasteiger partial charge in [0.1, 0.15) is 0 Å². The number of aryl methyl sites for hydroxylation is 1. The van der Waals surface area contributed by atoms with Crippen molar-refractivity contribution in [2.45, 2.75) is 20.0 Å². The number of nitro benzene ring substituents is 1. The van der Waals surface area contributed by atoms with Crippen molar-refractivity contribution >= 4 is 22.9 Å². The molecule has 1 amide bonds. The second kappa shape index (κ2) is 7.88. The highest BCUT2D eigenvalue weighted by Crippen LogP contribution is 2.22. The minimum absolute atomic E-state index is 0.0517. The molecule has 132 valence electrons. The quantitative estimate of drug-likeness (QED) is 0.483. The van der Waals surface area contributed by atoms with Crippen LogP contribution in [-0.4, -0.2) is 20.7 Å². The lowest BCUT2D eigenvalue weighted by atomic mass is 10.1. The summed E-state index contributed by atoms with van der Waals surface area (Å²) in [6, 6.07) is 12.1. The molecule has 0 aliphatic heterocycles. The van der Waals surface area contributed by atoms with Crippen LogP contribution >= 0.6 is 11.3 Å². The predicted molar refractivity (Wildman–Crippen MR) is 100.0 cm³/mol. The molecular formula is C19H17N3O3S. The highest BCUT2D eigenvalue weighted by atomic mass is 32.1. The summed E-state index contributed by atoms with van der Waals surface area (Å²) >= 11 is 1.56. The fourth-order valence-electron chi connectivity index (χ4n) is 2.61. The minimum Gasteiger partial charge on any atom is -0.328 e. The van der Waals surface area contributed by atoms with Crippen LogP contribution in [0.15, 0.2) is 59.4 Å². The monoisotopic (exact) mass is 367 g/mol. The Hall–Kier alpha value is -3.06. The van der Waals surface area contributed by atoms with Crippen LogP contribution in [0.4, 0.5) is 5.69 Å². The van der Waals surface area contributed by atoms with Crippen molar-refractivity contribution < 1.29 is 9.72 Å². The van der Waals surface area contributed by atoms with Gasteiger partial charge in [-0.25, -0.2) is 0 Å². The van der Waals surface area contributed by atoms with E-state index in [1.54, 1.807) is 41.5 Å². The molecule has 0 radical (unpaired) electrons. The van der Waals surface area contributed by atoms with E-state index in [1.807, 2.05) is 35.0 Å². The van der Waals surface area contributed by atoms with Gasteiger partial charge in [-0.1, -0.05) is 12.1 Å². The van der Waals surface area contributed by atoms with E-state index in [9.17, 15) is 14.9 Å². The lowest BCUT2D eigenvalue weighted by Crippen LogP contribution is -2.30. The van der Waals surface area contributed by atoms with Crippen LogP contribution in [0.2, 0.25) is 0 Å². The first-order valence-corrected chi connectivity index (χ1v) is 8.94. The Morgan fingerprint density at radius 1 is 1.23 bits per heavy atom. The molecule has 26 heavy (non-hydrogen) atoms. The number of pyridine rings is 1. The maximum atomic E-state index is 13.0. The molecule has 0 saturated heterocycles. The molecule has 0 fully saturated rings. The van der Waals surface area contributed by atoms with E-state index in [2.05, 4.69) is 4.98 Å². The molecule has 1 aromatic carbocycles. The molecule has 0 spiro atoms. The Labute approximate surface area is 154 Å². The number of hydrogen-bond donors (Lipinski definition) is 0. The molecule has 6 nitrogen and oxygen atoms in total. The van der Waals surface area contributed by atoms with E-state index in [4.69, 9.17) is 0 Å². The van der Waals surface area contributed by atoms with Gasteiger partial charge in [-0.15, -0.1) is 0 Å². The van der Waals surface area contributed by atoms with Gasteiger partial charge in [-0.05, 0) is 47.5 Å². The first kappa shape index (κ1) is 17.8. The number of nitrogens with zero attached hydrogens (tertiary/aromatic N) is 3. The van der Waals surface area contributed by atoms with E-state index in [0.29, 0.717) is 24.2 Å². The van der Waals surface area contributed by atoms with Gasteiger partial charge in [0.2, 0.25) is 0 Å². The molecule has 2 aromatic heterocycles. The van der Waals surface area contributed by atoms with Gasteiger partial charge in [-0.2, -0.15) is 11.3 Å². The molecular weight excluding hydrogens is 350 g/mol. The van der Waals surface area contributed by atoms with Crippen LogP contribution in [0.3, 0.4) is 0 Å². The molecule has 0 aliphatic carbocycles. The van der Waals surface area contributed by atoms with Crippen molar-refractivity contribution in [1.29, 1.82) is 0 Å². The van der Waals surface area contributed by atoms with Crippen molar-refractivity contribution in [3.05, 3.63) is 91.9 Å². The Morgan fingerprint density at radius 2 is 2.08 bits per heavy atom. The van der Waals surface area contributed by atoms with E-state index < -0.39 is 4.92 Å². The maximum Gasteiger partial charge on any atom is 0.273 e. The fraction of sp³-hybridized carbons (Fsp3) is 0.158. The van der Waals surface area contributed by atoms with Crippen molar-refractivity contribution in [2.75, 3.05) is 0 Å². The summed E-state index contributed by atoms with van der Waals surface area (Å²) in [5.41, 5.74) is 2.55. The van der Waals surface area contributed by atoms with Gasteiger partial charge in [0.15, 0.2) is 0 Å². The van der Waals surface area contributed by atoms with Crippen LogP contribution in [0.1, 0.15) is 27.2 Å². The topological polar surface area (TPSA) is 76.3 Å². The third-order valence-electron chi connectivity index (χ3n) is 3.97. The molecule has 2 heterocycles. The number of rotatable bonds is 6. The standard InChI is InChI=1S/C19H17N3O3S/c1-14-5-6-16(10-18(14)22(24)25)19(23)21(11-15-7-9-26-13-15)12-17-4-2-3-8-20-17/h2-10,13H,11-12H2,1H3. The molecule has 0 saturated carbocycles. The SMILES string of the molecule is Cc1ccc(C(=O)N(Cc2ccsc2)Cc2ccccn2)cc1[N+](=O)[O-]. The van der Waals surface area contributed by atoms with Crippen LogP contribution in [-0.2, 0) is 13.1 Å². The Bertz CT molecular complexity index is 911. The van der Waals surface area contributed by atoms with E-state index in [0.717, 1.165) is 11.3 Å². The van der Waals surface area contributed by atoms with Gasteiger partial charge in [0.05, 0.1) is 17.2 Å². The van der Waals surface area contributed by atoms with Crippen LogP contribution in [0, 0.1) is 17.0 Å². The third-order valence-corrected chi connectivity index (χ3v) is 4.70. The molecule has 3 aromatic rings. The number of carbonyl (C=O) groups excluding carboxylic acids is 1. The Morgan fingerprint density at radius 3 is 2.73 bits per heavy atom. The van der Waals surface area contributed by atoms with Gasteiger partial charge < -0.3 is 4.90 Å². The van der Waals surface area contributed by atoms with Crippen LogP contribution < -0.4 is 0 Å². The summed E-state index contributed by atoms with van der Waals surface area (Å²) in [5.74, 6) is -0.259. The molecule has 0 atom stereocenters. The highest BCUT2D eigenvalue weighted by Gasteiger charge is 2.21. The molecule has 0 N–H and O–H groups in total. The number of aromatic nitrogens is 1. The number of nitro groups is 1. The zero-order chi connectivity index (χ0) is 18.5. The number of hydrogen-bond acceptors (Lipinski definition) is 5. The average molecular weight is 367 g/mol. The van der Waals surface area contributed by atoms with E-state index in [-0.39, 0.29) is 11.6 Å². The molecule has 3 rings (SSSR count). The van der Waals surface area contributed by atoms with Gasteiger partial charge in [-0.3, -0.25) is 19.9 Å². The number of amides is 1. The smallest absolute Gasteiger partial charge is 0.273 e. The molecule has 0 aliphatic rings. The summed E-state index contributed by atoms with van der Waals surface area (Å²) in [6.07, 6.45) is 1.68. The normalized spacial score (nSPS) is 10.5. The van der Waals surface area contributed by atoms with Crippen LogP contribution in [0.5, 0.6) is 0 Å². The summed E-state index contributed by atoms with van der Waals surface area (Å²) in [5, 5.41) is 15.1. The minimum atomic E-state index is -0.464. The van der Waals surface area contributed by atoms with Gasteiger partial charge >= 0.3 is 0 Å². The summed E-state index contributed by atoms with van der Waals surface area (Å²) < 4.78 is 0. The zero-order valence-corrected chi connectivity index (χ0v) is 15.0. The second-order valence-electron chi connectivity index (χ2n) is 5.87. The zero-order valence-electron chi connectivity index (χ0n) is 14.2. The summed E-state index contributed by atoms with van der Waals surface area (Å²) in [7, 11) is 0. The van der Waals surface area contributed by atoms with E-state index in [1.165, 1.54) is 6.07 Å². The third kappa shape index (κ3) is 4.12. The average Bonchev–Trinajstić information content (AvgIpc) is 3.15. The van der Waals surface area contributed by atoms with Crippen molar-refractivity contribution in [3.63, 3.8) is 0 Å².